The summed E-state index contributed by atoms with van der Waals surface area (Å²) in [6.45, 7) is 4.97. The summed E-state index contributed by atoms with van der Waals surface area (Å²) in [4.78, 5) is 12.0. The van der Waals surface area contributed by atoms with Crippen molar-refractivity contribution in [1.82, 2.24) is 19.3 Å². The lowest BCUT2D eigenvalue weighted by Gasteiger charge is -2.02. The number of rotatable bonds is 3. The highest BCUT2D eigenvalue weighted by molar-refractivity contribution is 5.67. The number of nitrogens with one attached hydrogen (secondary N) is 1. The SMILES string of the molecule is CCn1c(N)c(-c2ccn[nH]2)n(CC)c1=O. The van der Waals surface area contributed by atoms with Gasteiger partial charge in [-0.3, -0.25) is 14.2 Å². The number of imidazole rings is 1. The van der Waals surface area contributed by atoms with Crippen molar-refractivity contribution in [3.8, 4) is 11.4 Å². The van der Waals surface area contributed by atoms with Gasteiger partial charge in [-0.15, -0.1) is 0 Å². The number of nitrogen functional groups attached to an aromatic ring is 1. The maximum Gasteiger partial charge on any atom is 0.330 e. The molecule has 0 saturated carbocycles. The molecule has 0 aromatic carbocycles. The van der Waals surface area contributed by atoms with Gasteiger partial charge in [0.25, 0.3) is 0 Å². The van der Waals surface area contributed by atoms with Crippen LogP contribution in [0.2, 0.25) is 0 Å². The number of aromatic nitrogens is 4. The molecule has 0 atom stereocenters. The number of anilines is 1. The minimum absolute atomic E-state index is 0.0768. The van der Waals surface area contributed by atoms with Crippen LogP contribution in [0.4, 0.5) is 5.82 Å². The Bertz CT molecular complexity index is 534. The van der Waals surface area contributed by atoms with Crippen LogP contribution in [0, 0.1) is 0 Å². The van der Waals surface area contributed by atoms with E-state index in [0.29, 0.717) is 24.6 Å². The van der Waals surface area contributed by atoms with Gasteiger partial charge in [-0.25, -0.2) is 4.79 Å². The summed E-state index contributed by atoms with van der Waals surface area (Å²) in [6, 6.07) is 1.80. The fourth-order valence-corrected chi connectivity index (χ4v) is 1.88. The first-order chi connectivity index (χ1) is 7.70. The van der Waals surface area contributed by atoms with Gasteiger partial charge in [-0.2, -0.15) is 5.10 Å². The summed E-state index contributed by atoms with van der Waals surface area (Å²) in [5, 5.41) is 6.71. The zero-order chi connectivity index (χ0) is 11.7. The fraction of sp³-hybridized carbons (Fsp3) is 0.400. The van der Waals surface area contributed by atoms with E-state index < -0.39 is 0 Å². The first-order valence-electron chi connectivity index (χ1n) is 5.29. The topological polar surface area (TPSA) is 81.6 Å². The molecule has 0 spiro atoms. The van der Waals surface area contributed by atoms with E-state index in [1.165, 1.54) is 0 Å². The molecule has 0 aliphatic heterocycles. The van der Waals surface area contributed by atoms with Crippen LogP contribution in [0.1, 0.15) is 13.8 Å². The van der Waals surface area contributed by atoms with E-state index in [-0.39, 0.29) is 5.69 Å². The maximum atomic E-state index is 12.0. The van der Waals surface area contributed by atoms with Crippen molar-refractivity contribution in [1.29, 1.82) is 0 Å². The molecule has 0 saturated heterocycles. The molecule has 0 radical (unpaired) electrons. The minimum Gasteiger partial charge on any atom is -0.383 e. The van der Waals surface area contributed by atoms with Crippen LogP contribution >= 0.6 is 0 Å². The Morgan fingerprint density at radius 2 is 2.06 bits per heavy atom. The molecule has 2 heterocycles. The van der Waals surface area contributed by atoms with Crippen LogP contribution in [0.5, 0.6) is 0 Å². The zero-order valence-corrected chi connectivity index (χ0v) is 9.40. The van der Waals surface area contributed by atoms with Crippen molar-refractivity contribution in [2.24, 2.45) is 0 Å². The monoisotopic (exact) mass is 221 g/mol. The van der Waals surface area contributed by atoms with E-state index >= 15 is 0 Å². The summed E-state index contributed by atoms with van der Waals surface area (Å²) in [5.74, 6) is 0.485. The van der Waals surface area contributed by atoms with Gasteiger partial charge in [0.1, 0.15) is 11.5 Å². The summed E-state index contributed by atoms with van der Waals surface area (Å²) in [6.07, 6.45) is 1.64. The first kappa shape index (κ1) is 10.5. The Balaban J connectivity index is 2.74. The van der Waals surface area contributed by atoms with Gasteiger partial charge in [0.05, 0.1) is 5.69 Å². The van der Waals surface area contributed by atoms with Crippen molar-refractivity contribution >= 4 is 5.82 Å². The zero-order valence-electron chi connectivity index (χ0n) is 9.40. The second-order valence-electron chi connectivity index (χ2n) is 3.48. The van der Waals surface area contributed by atoms with E-state index in [9.17, 15) is 4.79 Å². The summed E-state index contributed by atoms with van der Waals surface area (Å²) >= 11 is 0. The molecule has 0 unspecified atom stereocenters. The number of H-pyrrole nitrogens is 1. The van der Waals surface area contributed by atoms with Crippen molar-refractivity contribution in [3.05, 3.63) is 22.7 Å². The first-order valence-corrected chi connectivity index (χ1v) is 5.29. The van der Waals surface area contributed by atoms with Crippen LogP contribution in [-0.4, -0.2) is 19.3 Å². The molecule has 0 amide bonds. The van der Waals surface area contributed by atoms with Crippen LogP contribution in [0.25, 0.3) is 11.4 Å². The highest BCUT2D eigenvalue weighted by atomic mass is 16.1. The van der Waals surface area contributed by atoms with E-state index in [0.717, 1.165) is 5.69 Å². The summed E-state index contributed by atoms with van der Waals surface area (Å²) < 4.78 is 3.20. The Kier molecular flexibility index (Phi) is 2.55. The van der Waals surface area contributed by atoms with E-state index in [1.54, 1.807) is 21.4 Å². The molecule has 2 aromatic heterocycles. The predicted molar refractivity (Wildman–Crippen MR) is 62.0 cm³/mol. The van der Waals surface area contributed by atoms with Crippen LogP contribution < -0.4 is 11.4 Å². The van der Waals surface area contributed by atoms with Crippen molar-refractivity contribution in [2.45, 2.75) is 26.9 Å². The molecule has 3 N–H and O–H groups in total. The number of hydrogen-bond donors (Lipinski definition) is 2. The van der Waals surface area contributed by atoms with Crippen LogP contribution in [0.15, 0.2) is 17.1 Å². The average molecular weight is 221 g/mol. The third-order valence-electron chi connectivity index (χ3n) is 2.65. The quantitative estimate of drug-likeness (QED) is 0.798. The second-order valence-corrected chi connectivity index (χ2v) is 3.48. The number of nitrogens with zero attached hydrogens (tertiary/aromatic N) is 3. The second kappa shape index (κ2) is 3.88. The summed E-state index contributed by atoms with van der Waals surface area (Å²) in [5.41, 5.74) is 7.38. The molecular formula is C10H15N5O. The molecule has 86 valence electrons. The third kappa shape index (κ3) is 1.34. The Morgan fingerprint density at radius 3 is 2.56 bits per heavy atom. The highest BCUT2D eigenvalue weighted by Gasteiger charge is 2.17. The van der Waals surface area contributed by atoms with Gasteiger partial charge < -0.3 is 5.73 Å². The summed E-state index contributed by atoms with van der Waals surface area (Å²) in [7, 11) is 0. The number of hydrogen-bond acceptors (Lipinski definition) is 3. The molecular weight excluding hydrogens is 206 g/mol. The lowest BCUT2D eigenvalue weighted by molar-refractivity contribution is 0.660. The number of nitrogens with two attached hydrogens (primary N) is 1. The molecule has 0 aliphatic rings. The van der Waals surface area contributed by atoms with Crippen LogP contribution in [0.3, 0.4) is 0 Å². The van der Waals surface area contributed by atoms with E-state index in [1.807, 2.05) is 13.8 Å². The maximum absolute atomic E-state index is 12.0. The lowest BCUT2D eigenvalue weighted by atomic mass is 10.3. The van der Waals surface area contributed by atoms with E-state index in [2.05, 4.69) is 10.2 Å². The fourth-order valence-electron chi connectivity index (χ4n) is 1.88. The third-order valence-corrected chi connectivity index (χ3v) is 2.65. The standard InChI is InChI=1S/C10H15N5O/c1-3-14-8(7-5-6-12-13-7)9(11)15(4-2)10(14)16/h5-6H,3-4,11H2,1-2H3,(H,12,13). The molecule has 0 bridgehead atoms. The van der Waals surface area contributed by atoms with Crippen molar-refractivity contribution < 1.29 is 0 Å². The van der Waals surface area contributed by atoms with Gasteiger partial charge in [-0.05, 0) is 19.9 Å². The lowest BCUT2D eigenvalue weighted by Crippen LogP contribution is -2.24. The van der Waals surface area contributed by atoms with Gasteiger partial charge in [0.2, 0.25) is 0 Å². The van der Waals surface area contributed by atoms with Gasteiger partial charge >= 0.3 is 5.69 Å². The van der Waals surface area contributed by atoms with E-state index in [4.69, 9.17) is 5.73 Å². The van der Waals surface area contributed by atoms with Gasteiger partial charge in [0.15, 0.2) is 0 Å². The smallest absolute Gasteiger partial charge is 0.330 e. The molecule has 0 fully saturated rings. The molecule has 6 heteroatoms. The molecule has 2 rings (SSSR count). The average Bonchev–Trinajstić information content (AvgIpc) is 2.85. The minimum atomic E-state index is -0.0768. The van der Waals surface area contributed by atoms with Crippen molar-refractivity contribution in [3.63, 3.8) is 0 Å². The van der Waals surface area contributed by atoms with Crippen LogP contribution in [-0.2, 0) is 13.1 Å². The Labute approximate surface area is 92.7 Å². The normalized spacial score (nSPS) is 10.9. The highest BCUT2D eigenvalue weighted by Crippen LogP contribution is 2.22. The molecule has 6 nitrogen and oxygen atoms in total. The molecule has 16 heavy (non-hydrogen) atoms. The molecule has 0 aliphatic carbocycles. The predicted octanol–water partition coefficient (Wildman–Crippen LogP) is 0.662. The van der Waals surface area contributed by atoms with Gasteiger partial charge in [0, 0.05) is 19.3 Å². The Morgan fingerprint density at radius 1 is 1.38 bits per heavy atom. The van der Waals surface area contributed by atoms with Gasteiger partial charge in [-0.1, -0.05) is 0 Å². The largest absolute Gasteiger partial charge is 0.383 e. The Hall–Kier alpha value is -1.98. The molecule has 2 aromatic rings. The number of aromatic amines is 1. The van der Waals surface area contributed by atoms with Crippen molar-refractivity contribution in [2.75, 3.05) is 5.73 Å².